The van der Waals surface area contributed by atoms with Gasteiger partial charge in [-0.15, -0.1) is 0 Å². The van der Waals surface area contributed by atoms with Gasteiger partial charge in [-0.2, -0.15) is 0 Å². The smallest absolute Gasteiger partial charge is 0.251 e. The SMILES string of the molecule is CCC(=O)Nc1cccc(C(=O)NCc2ccc3c(c2)CNC3)c1. The fourth-order valence-corrected chi connectivity index (χ4v) is 2.73. The van der Waals surface area contributed by atoms with Gasteiger partial charge >= 0.3 is 0 Å². The van der Waals surface area contributed by atoms with Gasteiger partial charge in [-0.3, -0.25) is 9.59 Å². The van der Waals surface area contributed by atoms with Crippen molar-refractivity contribution in [2.24, 2.45) is 0 Å². The lowest BCUT2D eigenvalue weighted by atomic mass is 10.1. The molecule has 0 aliphatic carbocycles. The molecule has 5 nitrogen and oxygen atoms in total. The molecule has 0 aromatic heterocycles. The number of amides is 2. The Bertz CT molecular complexity index is 771. The minimum Gasteiger partial charge on any atom is -0.348 e. The maximum Gasteiger partial charge on any atom is 0.251 e. The van der Waals surface area contributed by atoms with E-state index in [2.05, 4.69) is 28.1 Å². The average Bonchev–Trinajstić information content (AvgIpc) is 3.07. The van der Waals surface area contributed by atoms with Crippen LogP contribution in [0.3, 0.4) is 0 Å². The summed E-state index contributed by atoms with van der Waals surface area (Å²) in [4.78, 5) is 23.8. The summed E-state index contributed by atoms with van der Waals surface area (Å²) in [5.74, 6) is -0.222. The van der Waals surface area contributed by atoms with Gasteiger partial charge < -0.3 is 16.0 Å². The Morgan fingerprint density at radius 1 is 1.08 bits per heavy atom. The molecule has 0 spiro atoms. The van der Waals surface area contributed by atoms with Gasteiger partial charge in [-0.1, -0.05) is 31.2 Å². The summed E-state index contributed by atoms with van der Waals surface area (Å²) in [5.41, 5.74) is 4.88. The molecule has 3 rings (SSSR count). The van der Waals surface area contributed by atoms with Crippen molar-refractivity contribution in [1.82, 2.24) is 10.6 Å². The highest BCUT2D eigenvalue weighted by Crippen LogP contribution is 2.17. The van der Waals surface area contributed by atoms with Gasteiger partial charge in [0.2, 0.25) is 5.91 Å². The number of carbonyl (C=O) groups is 2. The summed E-state index contributed by atoms with van der Waals surface area (Å²) in [6.45, 7) is 4.07. The number of carbonyl (C=O) groups excluding carboxylic acids is 2. The molecule has 3 N–H and O–H groups in total. The molecule has 124 valence electrons. The molecule has 0 bridgehead atoms. The predicted molar refractivity (Wildman–Crippen MR) is 93.5 cm³/mol. The minimum atomic E-state index is -0.152. The number of fused-ring (bicyclic) bond motifs is 1. The van der Waals surface area contributed by atoms with E-state index in [1.807, 2.05) is 6.07 Å². The molecule has 0 atom stereocenters. The van der Waals surface area contributed by atoms with Crippen molar-refractivity contribution in [1.29, 1.82) is 0 Å². The van der Waals surface area contributed by atoms with E-state index in [1.54, 1.807) is 31.2 Å². The highest BCUT2D eigenvalue weighted by molar-refractivity contribution is 5.97. The Balaban J connectivity index is 1.62. The van der Waals surface area contributed by atoms with Crippen molar-refractivity contribution >= 4 is 17.5 Å². The monoisotopic (exact) mass is 323 g/mol. The summed E-state index contributed by atoms with van der Waals surface area (Å²) in [7, 11) is 0. The van der Waals surface area contributed by atoms with E-state index < -0.39 is 0 Å². The molecular formula is C19H21N3O2. The first kappa shape index (κ1) is 16.2. The molecule has 1 aliphatic rings. The molecular weight excluding hydrogens is 302 g/mol. The van der Waals surface area contributed by atoms with Crippen LogP contribution in [-0.4, -0.2) is 11.8 Å². The van der Waals surface area contributed by atoms with Crippen LogP contribution in [0.1, 0.15) is 40.4 Å². The molecule has 2 amide bonds. The predicted octanol–water partition coefficient (Wildman–Crippen LogP) is 2.57. The van der Waals surface area contributed by atoms with Crippen LogP contribution in [0.25, 0.3) is 0 Å². The Labute approximate surface area is 141 Å². The third kappa shape index (κ3) is 3.81. The molecule has 1 aliphatic heterocycles. The van der Waals surface area contributed by atoms with E-state index >= 15 is 0 Å². The zero-order valence-corrected chi connectivity index (χ0v) is 13.7. The molecule has 0 unspecified atom stereocenters. The fourth-order valence-electron chi connectivity index (χ4n) is 2.73. The second-order valence-corrected chi connectivity index (χ2v) is 5.87. The zero-order chi connectivity index (χ0) is 16.9. The summed E-state index contributed by atoms with van der Waals surface area (Å²) in [5, 5.41) is 9.00. The molecule has 1 heterocycles. The van der Waals surface area contributed by atoms with Crippen molar-refractivity contribution < 1.29 is 9.59 Å². The molecule has 0 saturated carbocycles. The van der Waals surface area contributed by atoms with Gasteiger partial charge in [0.1, 0.15) is 0 Å². The Hall–Kier alpha value is -2.66. The Morgan fingerprint density at radius 3 is 2.75 bits per heavy atom. The standard InChI is InChI=1S/C19H21N3O2/c1-2-18(23)22-17-5-3-4-14(9-17)19(24)21-10-13-6-7-15-11-20-12-16(15)8-13/h3-9,20H,2,10-12H2,1H3,(H,21,24)(H,22,23). The summed E-state index contributed by atoms with van der Waals surface area (Å²) in [6.07, 6.45) is 0.406. The average molecular weight is 323 g/mol. The van der Waals surface area contributed by atoms with Crippen LogP contribution in [0, 0.1) is 0 Å². The van der Waals surface area contributed by atoms with E-state index in [0.717, 1.165) is 18.7 Å². The molecule has 2 aromatic rings. The fraction of sp³-hybridized carbons (Fsp3) is 0.263. The first-order valence-electron chi connectivity index (χ1n) is 8.15. The summed E-state index contributed by atoms with van der Waals surface area (Å²) in [6, 6.07) is 13.3. The van der Waals surface area contributed by atoms with Crippen molar-refractivity contribution in [2.45, 2.75) is 33.0 Å². The van der Waals surface area contributed by atoms with Crippen LogP contribution < -0.4 is 16.0 Å². The molecule has 0 fully saturated rings. The third-order valence-corrected chi connectivity index (χ3v) is 4.08. The minimum absolute atomic E-state index is 0.0701. The van der Waals surface area contributed by atoms with Gasteiger partial charge in [-0.25, -0.2) is 0 Å². The van der Waals surface area contributed by atoms with Crippen LogP contribution in [-0.2, 0) is 24.4 Å². The molecule has 5 heteroatoms. The van der Waals surface area contributed by atoms with Gasteiger partial charge in [0.15, 0.2) is 0 Å². The Kier molecular flexibility index (Phi) is 4.91. The van der Waals surface area contributed by atoms with E-state index in [9.17, 15) is 9.59 Å². The zero-order valence-electron chi connectivity index (χ0n) is 13.7. The number of hydrogen-bond donors (Lipinski definition) is 3. The van der Waals surface area contributed by atoms with E-state index in [1.165, 1.54) is 11.1 Å². The van der Waals surface area contributed by atoms with Gasteiger partial charge in [0.05, 0.1) is 0 Å². The maximum atomic E-state index is 12.3. The van der Waals surface area contributed by atoms with Crippen LogP contribution in [0.15, 0.2) is 42.5 Å². The van der Waals surface area contributed by atoms with Crippen LogP contribution in [0.5, 0.6) is 0 Å². The molecule has 0 saturated heterocycles. The number of benzene rings is 2. The largest absolute Gasteiger partial charge is 0.348 e. The molecule has 0 radical (unpaired) electrons. The van der Waals surface area contributed by atoms with Crippen LogP contribution >= 0.6 is 0 Å². The topological polar surface area (TPSA) is 70.2 Å². The second-order valence-electron chi connectivity index (χ2n) is 5.87. The highest BCUT2D eigenvalue weighted by atomic mass is 16.2. The van der Waals surface area contributed by atoms with Gasteiger partial charge in [0.25, 0.3) is 5.91 Å². The third-order valence-electron chi connectivity index (χ3n) is 4.08. The second kappa shape index (κ2) is 7.27. The van der Waals surface area contributed by atoms with E-state index in [4.69, 9.17) is 0 Å². The lowest BCUT2D eigenvalue weighted by Crippen LogP contribution is -2.23. The lowest BCUT2D eigenvalue weighted by molar-refractivity contribution is -0.115. The highest BCUT2D eigenvalue weighted by Gasteiger charge is 2.11. The van der Waals surface area contributed by atoms with Crippen molar-refractivity contribution in [3.63, 3.8) is 0 Å². The summed E-state index contributed by atoms with van der Waals surface area (Å²) < 4.78 is 0. The molecule has 24 heavy (non-hydrogen) atoms. The number of hydrogen-bond acceptors (Lipinski definition) is 3. The summed E-state index contributed by atoms with van der Waals surface area (Å²) >= 11 is 0. The van der Waals surface area contributed by atoms with Crippen LogP contribution in [0.4, 0.5) is 5.69 Å². The Morgan fingerprint density at radius 2 is 1.92 bits per heavy atom. The van der Waals surface area contributed by atoms with Crippen molar-refractivity contribution in [3.05, 3.63) is 64.7 Å². The van der Waals surface area contributed by atoms with Crippen molar-refractivity contribution in [3.8, 4) is 0 Å². The quantitative estimate of drug-likeness (QED) is 0.792. The first-order chi connectivity index (χ1) is 11.7. The lowest BCUT2D eigenvalue weighted by Gasteiger charge is -2.09. The van der Waals surface area contributed by atoms with E-state index in [0.29, 0.717) is 24.2 Å². The van der Waals surface area contributed by atoms with Crippen molar-refractivity contribution in [2.75, 3.05) is 5.32 Å². The van der Waals surface area contributed by atoms with Gasteiger partial charge in [0, 0.05) is 37.3 Å². The number of anilines is 1. The number of rotatable bonds is 5. The van der Waals surface area contributed by atoms with Gasteiger partial charge in [-0.05, 0) is 34.9 Å². The molecule has 2 aromatic carbocycles. The normalized spacial score (nSPS) is 12.5. The maximum absolute atomic E-state index is 12.3. The van der Waals surface area contributed by atoms with E-state index in [-0.39, 0.29) is 11.8 Å². The first-order valence-corrected chi connectivity index (χ1v) is 8.15. The van der Waals surface area contributed by atoms with Crippen LogP contribution in [0.2, 0.25) is 0 Å². The number of nitrogens with one attached hydrogen (secondary N) is 3.